The zero-order valence-electron chi connectivity index (χ0n) is 20.3. The van der Waals surface area contributed by atoms with Crippen molar-refractivity contribution in [1.82, 2.24) is 4.90 Å². The molecule has 1 unspecified atom stereocenters. The second-order valence-corrected chi connectivity index (χ2v) is 8.98. The van der Waals surface area contributed by atoms with Gasteiger partial charge in [0.2, 0.25) is 5.91 Å². The van der Waals surface area contributed by atoms with Crippen molar-refractivity contribution in [2.75, 3.05) is 6.54 Å². The van der Waals surface area contributed by atoms with Crippen molar-refractivity contribution in [2.24, 2.45) is 5.73 Å². The predicted molar refractivity (Wildman–Crippen MR) is 140 cm³/mol. The Labute approximate surface area is 216 Å². The molecule has 6 heteroatoms. The van der Waals surface area contributed by atoms with Crippen LogP contribution in [0.1, 0.15) is 34.4 Å². The molecule has 2 N–H and O–H groups in total. The molecule has 1 fully saturated rings. The Hall–Kier alpha value is -4.42. The van der Waals surface area contributed by atoms with E-state index in [0.29, 0.717) is 17.9 Å². The molecule has 37 heavy (non-hydrogen) atoms. The van der Waals surface area contributed by atoms with E-state index in [0.717, 1.165) is 16.7 Å². The molecule has 5 rings (SSSR count). The van der Waals surface area contributed by atoms with E-state index in [9.17, 15) is 9.59 Å². The lowest BCUT2D eigenvalue weighted by Gasteiger charge is -2.41. The first kappa shape index (κ1) is 24.3. The Kier molecular flexibility index (Phi) is 7.28. The van der Waals surface area contributed by atoms with E-state index in [4.69, 9.17) is 15.2 Å². The second kappa shape index (κ2) is 11.1. The fraction of sp³-hybridized carbons (Fsp3) is 0.161. The van der Waals surface area contributed by atoms with Crippen molar-refractivity contribution >= 4 is 11.9 Å². The molecule has 6 nitrogen and oxygen atoms in total. The number of ether oxygens (including phenoxy) is 2. The summed E-state index contributed by atoms with van der Waals surface area (Å²) in [4.78, 5) is 27.8. The highest BCUT2D eigenvalue weighted by molar-refractivity contribution is 5.93. The number of nitrogens with zero attached hydrogens (tertiary/aromatic N) is 1. The molecule has 1 heterocycles. The summed E-state index contributed by atoms with van der Waals surface area (Å²) in [5.74, 6) is -0.129. The zero-order valence-corrected chi connectivity index (χ0v) is 20.3. The lowest BCUT2D eigenvalue weighted by Crippen LogP contribution is -2.63. The third-order valence-corrected chi connectivity index (χ3v) is 6.41. The van der Waals surface area contributed by atoms with Gasteiger partial charge in [-0.05, 0) is 34.4 Å². The van der Waals surface area contributed by atoms with Gasteiger partial charge >= 0.3 is 5.97 Å². The van der Waals surface area contributed by atoms with E-state index in [2.05, 4.69) is 0 Å². The number of rotatable bonds is 9. The van der Waals surface area contributed by atoms with Crippen LogP contribution in [0.25, 0.3) is 0 Å². The van der Waals surface area contributed by atoms with Crippen LogP contribution in [0, 0.1) is 0 Å². The van der Waals surface area contributed by atoms with Gasteiger partial charge < -0.3 is 20.1 Å². The molecule has 0 spiro atoms. The lowest BCUT2D eigenvalue weighted by molar-refractivity contribution is -0.164. The number of benzene rings is 4. The number of amides is 1. The predicted octanol–water partition coefficient (Wildman–Crippen LogP) is 4.81. The van der Waals surface area contributed by atoms with Crippen molar-refractivity contribution in [1.29, 1.82) is 0 Å². The van der Waals surface area contributed by atoms with Crippen LogP contribution in [-0.2, 0) is 20.9 Å². The van der Waals surface area contributed by atoms with Crippen LogP contribution < -0.4 is 10.5 Å². The summed E-state index contributed by atoms with van der Waals surface area (Å²) in [7, 11) is 0. The highest BCUT2D eigenvalue weighted by Crippen LogP contribution is 2.33. The number of nitrogens with two attached hydrogens (primary N) is 1. The smallest absolute Gasteiger partial charge is 0.334 e. The van der Waals surface area contributed by atoms with Crippen LogP contribution in [-0.4, -0.2) is 29.4 Å². The van der Waals surface area contributed by atoms with Crippen molar-refractivity contribution in [3.8, 4) is 5.75 Å². The van der Waals surface area contributed by atoms with Crippen molar-refractivity contribution < 1.29 is 19.1 Å². The van der Waals surface area contributed by atoms with Crippen molar-refractivity contribution in [3.05, 3.63) is 138 Å². The molecule has 4 aromatic carbocycles. The average Bonchev–Trinajstić information content (AvgIpc) is 2.96. The van der Waals surface area contributed by atoms with E-state index in [1.807, 2.05) is 91.0 Å². The number of carbonyl (C=O) groups excluding carboxylic acids is 2. The molecule has 2 atom stereocenters. The molecule has 0 aliphatic carbocycles. The topological polar surface area (TPSA) is 81.9 Å². The Balaban J connectivity index is 1.39. The zero-order chi connectivity index (χ0) is 25.6. The Morgan fingerprint density at radius 3 is 1.84 bits per heavy atom. The number of β-lactam (4-membered cyclic amide) rings is 1. The number of likely N-dealkylation sites (tertiary alicyclic amines) is 1. The van der Waals surface area contributed by atoms with Crippen LogP contribution in [0.15, 0.2) is 115 Å². The Morgan fingerprint density at radius 2 is 1.32 bits per heavy atom. The van der Waals surface area contributed by atoms with Crippen LogP contribution in [0.3, 0.4) is 0 Å². The van der Waals surface area contributed by atoms with E-state index in [1.54, 1.807) is 24.3 Å². The van der Waals surface area contributed by atoms with Crippen LogP contribution in [0.4, 0.5) is 0 Å². The first-order chi connectivity index (χ1) is 18.1. The minimum absolute atomic E-state index is 0.276. The average molecular weight is 493 g/mol. The molecule has 0 radical (unpaired) electrons. The Bertz CT molecular complexity index is 1290. The second-order valence-electron chi connectivity index (χ2n) is 8.98. The van der Waals surface area contributed by atoms with E-state index in [-0.39, 0.29) is 12.5 Å². The Morgan fingerprint density at radius 1 is 0.784 bits per heavy atom. The number of carbonyl (C=O) groups is 2. The fourth-order valence-electron chi connectivity index (χ4n) is 4.41. The highest BCUT2D eigenvalue weighted by Gasteiger charge is 2.43. The maximum atomic E-state index is 13.7. The fourth-order valence-corrected chi connectivity index (χ4v) is 4.41. The van der Waals surface area contributed by atoms with Gasteiger partial charge in [0.15, 0.2) is 12.1 Å². The summed E-state index contributed by atoms with van der Waals surface area (Å²) in [5, 5.41) is 0. The van der Waals surface area contributed by atoms with E-state index < -0.39 is 24.2 Å². The summed E-state index contributed by atoms with van der Waals surface area (Å²) >= 11 is 0. The van der Waals surface area contributed by atoms with Gasteiger partial charge in [-0.1, -0.05) is 103 Å². The first-order valence-electron chi connectivity index (χ1n) is 12.2. The molecule has 0 bridgehead atoms. The monoisotopic (exact) mass is 492 g/mol. The van der Waals surface area contributed by atoms with Gasteiger partial charge in [-0.2, -0.15) is 0 Å². The van der Waals surface area contributed by atoms with Gasteiger partial charge in [-0.15, -0.1) is 0 Å². The normalized spacial score (nSPS) is 15.7. The SMILES string of the molecule is N[C@@H]1CN(C(C(=O)OC(c2ccccc2)c2ccccc2)c2ccc(OCc3ccccc3)cc2)C1=O. The quantitative estimate of drug-likeness (QED) is 0.268. The summed E-state index contributed by atoms with van der Waals surface area (Å²) in [6.45, 7) is 0.715. The number of hydrogen-bond donors (Lipinski definition) is 1. The van der Waals surface area contributed by atoms with Gasteiger partial charge in [0.05, 0.1) is 0 Å². The van der Waals surface area contributed by atoms with Gasteiger partial charge in [-0.3, -0.25) is 4.79 Å². The molecule has 1 amide bonds. The summed E-state index contributed by atoms with van der Waals surface area (Å²) in [6, 6.07) is 34.7. The van der Waals surface area contributed by atoms with Crippen LogP contribution in [0.5, 0.6) is 5.75 Å². The van der Waals surface area contributed by atoms with Gasteiger partial charge in [-0.25, -0.2) is 4.79 Å². The molecule has 1 aliphatic heterocycles. The number of hydrogen-bond acceptors (Lipinski definition) is 5. The molecule has 186 valence electrons. The minimum Gasteiger partial charge on any atom is -0.489 e. The molecular weight excluding hydrogens is 464 g/mol. The highest BCUT2D eigenvalue weighted by atomic mass is 16.5. The summed E-state index contributed by atoms with van der Waals surface area (Å²) < 4.78 is 12.0. The maximum Gasteiger partial charge on any atom is 0.334 e. The summed E-state index contributed by atoms with van der Waals surface area (Å²) in [6.07, 6.45) is -0.615. The molecule has 0 aromatic heterocycles. The molecule has 1 saturated heterocycles. The molecular formula is C31H28N2O4. The molecule has 1 aliphatic rings. The van der Waals surface area contributed by atoms with Gasteiger partial charge in [0.25, 0.3) is 0 Å². The van der Waals surface area contributed by atoms with Gasteiger partial charge in [0.1, 0.15) is 18.4 Å². The van der Waals surface area contributed by atoms with Crippen molar-refractivity contribution in [3.63, 3.8) is 0 Å². The minimum atomic E-state index is -0.912. The van der Waals surface area contributed by atoms with Crippen LogP contribution >= 0.6 is 0 Å². The summed E-state index contributed by atoms with van der Waals surface area (Å²) in [5.41, 5.74) is 9.25. The van der Waals surface area contributed by atoms with E-state index >= 15 is 0 Å². The lowest BCUT2D eigenvalue weighted by atomic mass is 9.97. The largest absolute Gasteiger partial charge is 0.489 e. The maximum absolute atomic E-state index is 13.7. The number of esters is 1. The standard InChI is InChI=1S/C31H28N2O4/c32-27-20-33(30(27)34)28(23-16-18-26(19-17-23)36-21-22-10-4-1-5-11-22)31(35)37-29(24-12-6-2-7-13-24)25-14-8-3-9-15-25/h1-19,27-29H,20-21,32H2/t27-,28?/m1/s1. The third-order valence-electron chi connectivity index (χ3n) is 6.41. The van der Waals surface area contributed by atoms with Crippen molar-refractivity contribution in [2.45, 2.75) is 24.8 Å². The molecule has 4 aromatic rings. The molecule has 0 saturated carbocycles. The van der Waals surface area contributed by atoms with Crippen LogP contribution in [0.2, 0.25) is 0 Å². The van der Waals surface area contributed by atoms with E-state index in [1.165, 1.54) is 4.90 Å². The third kappa shape index (κ3) is 5.55. The first-order valence-corrected chi connectivity index (χ1v) is 12.2. The van der Waals surface area contributed by atoms with Gasteiger partial charge in [0, 0.05) is 6.54 Å².